The molecule has 1 aromatic rings. The highest BCUT2D eigenvalue weighted by molar-refractivity contribution is 7.86. The van der Waals surface area contributed by atoms with Crippen molar-refractivity contribution < 1.29 is 22.9 Å². The van der Waals surface area contributed by atoms with E-state index in [1.807, 2.05) is 13.8 Å². The van der Waals surface area contributed by atoms with Crippen LogP contribution < -0.4 is 5.32 Å². The van der Waals surface area contributed by atoms with E-state index in [4.69, 9.17) is 5.11 Å². The van der Waals surface area contributed by atoms with E-state index >= 15 is 0 Å². The molecule has 0 bridgehead atoms. The van der Waals surface area contributed by atoms with Crippen LogP contribution in [0.4, 0.5) is 5.69 Å². The molecule has 3 N–H and O–H groups in total. The molecule has 0 unspecified atom stereocenters. The van der Waals surface area contributed by atoms with Crippen molar-refractivity contribution in [1.82, 2.24) is 0 Å². The van der Waals surface area contributed by atoms with Crippen LogP contribution in [0.25, 0.3) is 0 Å². The van der Waals surface area contributed by atoms with E-state index in [0.29, 0.717) is 29.8 Å². The van der Waals surface area contributed by atoms with Gasteiger partial charge in [-0.15, -0.1) is 0 Å². The summed E-state index contributed by atoms with van der Waals surface area (Å²) in [6.45, 7) is 4.64. The number of carboxylic acid groups (broad SMARTS) is 1. The zero-order valence-corrected chi connectivity index (χ0v) is 12.1. The molecule has 1 heterocycles. The van der Waals surface area contributed by atoms with Crippen LogP contribution >= 0.6 is 0 Å². The van der Waals surface area contributed by atoms with Gasteiger partial charge < -0.3 is 10.4 Å². The monoisotopic (exact) mass is 299 g/mol. The SMILES string of the molecule is CC1(C)CNc2c(cc(CC(=O)O)cc2S(=O)(=O)O)C1. The Morgan fingerprint density at radius 3 is 2.60 bits per heavy atom. The first kappa shape index (κ1) is 14.8. The van der Waals surface area contributed by atoms with Crippen LogP contribution in [-0.4, -0.2) is 30.6 Å². The van der Waals surface area contributed by atoms with Gasteiger partial charge in [0, 0.05) is 6.54 Å². The summed E-state index contributed by atoms with van der Waals surface area (Å²) in [6.07, 6.45) is 0.335. The number of fused-ring (bicyclic) bond motifs is 1. The molecule has 1 aliphatic rings. The molecule has 0 aliphatic carbocycles. The third-order valence-corrected chi connectivity index (χ3v) is 4.17. The molecule has 2 rings (SSSR count). The van der Waals surface area contributed by atoms with Crippen LogP contribution in [0.3, 0.4) is 0 Å². The molecule has 0 saturated carbocycles. The summed E-state index contributed by atoms with van der Waals surface area (Å²) in [5, 5.41) is 11.9. The molecule has 0 spiro atoms. The molecule has 0 atom stereocenters. The number of rotatable bonds is 3. The van der Waals surface area contributed by atoms with Crippen molar-refractivity contribution in [1.29, 1.82) is 0 Å². The van der Waals surface area contributed by atoms with Gasteiger partial charge in [0.25, 0.3) is 10.1 Å². The van der Waals surface area contributed by atoms with Crippen molar-refractivity contribution in [2.24, 2.45) is 5.41 Å². The van der Waals surface area contributed by atoms with E-state index in [-0.39, 0.29) is 16.7 Å². The fraction of sp³-hybridized carbons (Fsp3) is 0.462. The van der Waals surface area contributed by atoms with Crippen molar-refractivity contribution in [3.8, 4) is 0 Å². The molecule has 1 aromatic carbocycles. The fourth-order valence-electron chi connectivity index (χ4n) is 2.46. The quantitative estimate of drug-likeness (QED) is 0.732. The number of nitrogens with one attached hydrogen (secondary N) is 1. The maximum absolute atomic E-state index is 11.5. The lowest BCUT2D eigenvalue weighted by molar-refractivity contribution is -0.136. The number of aliphatic carboxylic acids is 1. The van der Waals surface area contributed by atoms with Crippen molar-refractivity contribution in [2.45, 2.75) is 31.6 Å². The van der Waals surface area contributed by atoms with Gasteiger partial charge in [-0.2, -0.15) is 8.42 Å². The molecule has 0 fully saturated rings. The number of carboxylic acids is 1. The van der Waals surface area contributed by atoms with E-state index in [0.717, 1.165) is 0 Å². The van der Waals surface area contributed by atoms with E-state index in [1.165, 1.54) is 6.07 Å². The third-order valence-electron chi connectivity index (χ3n) is 3.29. The van der Waals surface area contributed by atoms with Gasteiger partial charge >= 0.3 is 5.97 Å². The van der Waals surface area contributed by atoms with Gasteiger partial charge in [0.15, 0.2) is 0 Å². The van der Waals surface area contributed by atoms with Crippen LogP contribution in [0.1, 0.15) is 25.0 Å². The predicted octanol–water partition coefficient (Wildman–Crippen LogP) is 1.55. The lowest BCUT2D eigenvalue weighted by Gasteiger charge is -2.33. The minimum Gasteiger partial charge on any atom is -0.481 e. The lowest BCUT2D eigenvalue weighted by atomic mass is 9.81. The first-order valence-electron chi connectivity index (χ1n) is 6.17. The van der Waals surface area contributed by atoms with Gasteiger partial charge in [-0.25, -0.2) is 0 Å². The largest absolute Gasteiger partial charge is 0.481 e. The van der Waals surface area contributed by atoms with E-state index < -0.39 is 16.1 Å². The summed E-state index contributed by atoms with van der Waals surface area (Å²) in [5.41, 5.74) is 1.39. The Hall–Kier alpha value is -1.60. The number of hydrogen-bond acceptors (Lipinski definition) is 4. The van der Waals surface area contributed by atoms with Crippen molar-refractivity contribution in [3.63, 3.8) is 0 Å². The van der Waals surface area contributed by atoms with Crippen LogP contribution in [-0.2, 0) is 27.8 Å². The number of anilines is 1. The van der Waals surface area contributed by atoms with Gasteiger partial charge in [0.2, 0.25) is 0 Å². The average molecular weight is 299 g/mol. The second-order valence-corrected chi connectivity index (χ2v) is 7.26. The average Bonchev–Trinajstić information content (AvgIpc) is 2.23. The zero-order chi connectivity index (χ0) is 15.1. The minimum atomic E-state index is -4.40. The van der Waals surface area contributed by atoms with Crippen molar-refractivity contribution in [3.05, 3.63) is 23.3 Å². The molecule has 1 aliphatic heterocycles. The summed E-state index contributed by atoms with van der Waals surface area (Å²) >= 11 is 0. The first-order valence-corrected chi connectivity index (χ1v) is 7.61. The molecule has 110 valence electrons. The highest BCUT2D eigenvalue weighted by Crippen LogP contribution is 2.37. The van der Waals surface area contributed by atoms with E-state index in [1.54, 1.807) is 6.07 Å². The lowest BCUT2D eigenvalue weighted by Crippen LogP contribution is -2.31. The number of benzene rings is 1. The minimum absolute atomic E-state index is 0.0642. The Morgan fingerprint density at radius 1 is 1.40 bits per heavy atom. The first-order chi connectivity index (χ1) is 9.08. The molecule has 20 heavy (non-hydrogen) atoms. The van der Waals surface area contributed by atoms with Gasteiger partial charge in [-0.05, 0) is 29.0 Å². The van der Waals surface area contributed by atoms with Gasteiger partial charge in [0.1, 0.15) is 4.90 Å². The third kappa shape index (κ3) is 3.10. The number of carbonyl (C=O) groups is 1. The van der Waals surface area contributed by atoms with Gasteiger partial charge in [-0.3, -0.25) is 9.35 Å². The molecule has 0 radical (unpaired) electrons. The van der Waals surface area contributed by atoms with Gasteiger partial charge in [-0.1, -0.05) is 19.9 Å². The normalized spacial score (nSPS) is 17.1. The summed E-state index contributed by atoms with van der Waals surface area (Å²) in [6, 6.07) is 2.90. The Labute approximate surface area is 117 Å². The summed E-state index contributed by atoms with van der Waals surface area (Å²) < 4.78 is 32.3. The molecule has 0 saturated heterocycles. The number of hydrogen-bond donors (Lipinski definition) is 3. The van der Waals surface area contributed by atoms with Crippen LogP contribution in [0.15, 0.2) is 17.0 Å². The van der Waals surface area contributed by atoms with Crippen molar-refractivity contribution >= 4 is 21.8 Å². The summed E-state index contributed by atoms with van der Waals surface area (Å²) in [5.74, 6) is -1.05. The summed E-state index contributed by atoms with van der Waals surface area (Å²) in [7, 11) is -4.40. The van der Waals surface area contributed by atoms with Crippen LogP contribution in [0, 0.1) is 5.41 Å². The predicted molar refractivity (Wildman–Crippen MR) is 73.6 cm³/mol. The molecule has 0 aromatic heterocycles. The maximum atomic E-state index is 11.5. The Kier molecular flexibility index (Phi) is 3.51. The van der Waals surface area contributed by atoms with E-state index in [2.05, 4.69) is 5.32 Å². The topological polar surface area (TPSA) is 104 Å². The van der Waals surface area contributed by atoms with Crippen LogP contribution in [0.5, 0.6) is 0 Å². The van der Waals surface area contributed by atoms with Crippen LogP contribution in [0.2, 0.25) is 0 Å². The smallest absolute Gasteiger partial charge is 0.307 e. The Bertz CT molecular complexity index is 664. The second kappa shape index (κ2) is 4.75. The van der Waals surface area contributed by atoms with Gasteiger partial charge in [0.05, 0.1) is 12.1 Å². The zero-order valence-electron chi connectivity index (χ0n) is 11.3. The van der Waals surface area contributed by atoms with E-state index in [9.17, 15) is 17.8 Å². The Morgan fingerprint density at radius 2 is 2.05 bits per heavy atom. The molecule has 6 nitrogen and oxygen atoms in total. The Balaban J connectivity index is 2.60. The molecular weight excluding hydrogens is 282 g/mol. The summed E-state index contributed by atoms with van der Waals surface area (Å²) in [4.78, 5) is 10.5. The fourth-order valence-corrected chi connectivity index (χ4v) is 3.22. The molecular formula is C13H17NO5S. The highest BCUT2D eigenvalue weighted by atomic mass is 32.2. The molecule has 0 amide bonds. The standard InChI is InChI=1S/C13H17NO5S/c1-13(2)6-9-3-8(5-11(15)16)4-10(20(17,18)19)12(9)14-7-13/h3-4,14H,5-7H2,1-2H3,(H,15,16)(H,17,18,19). The maximum Gasteiger partial charge on any atom is 0.307 e. The highest BCUT2D eigenvalue weighted by Gasteiger charge is 2.30. The van der Waals surface area contributed by atoms with Crippen molar-refractivity contribution in [2.75, 3.05) is 11.9 Å². The second-order valence-electron chi connectivity index (χ2n) is 5.87. The molecule has 7 heteroatoms.